The van der Waals surface area contributed by atoms with Crippen LogP contribution in [0.15, 0.2) is 0 Å². The molecular weight excluding hydrogens is 260 g/mol. The maximum absolute atomic E-state index is 11.4. The monoisotopic (exact) mass is 278 g/mol. The van der Waals surface area contributed by atoms with Gasteiger partial charge in [-0.3, -0.25) is 4.79 Å². The zero-order valence-corrected chi connectivity index (χ0v) is 11.1. The van der Waals surface area contributed by atoms with Crippen molar-refractivity contribution in [1.82, 2.24) is 10.6 Å². The smallest absolute Gasteiger partial charge is 0.326 e. The maximum Gasteiger partial charge on any atom is 0.326 e. The molecule has 2 amide bonds. The lowest BCUT2D eigenvalue weighted by molar-refractivity contribution is -0.140. The molecule has 18 heavy (non-hydrogen) atoms. The van der Waals surface area contributed by atoms with Gasteiger partial charge in [-0.05, 0) is 12.7 Å². The lowest BCUT2D eigenvalue weighted by atomic mass is 10.1. The number of carboxylic acids is 2. The number of urea groups is 1. The second-order valence-electron chi connectivity index (χ2n) is 3.72. The molecule has 0 aliphatic carbocycles. The van der Waals surface area contributed by atoms with E-state index in [0.29, 0.717) is 6.54 Å². The van der Waals surface area contributed by atoms with Crippen LogP contribution >= 0.6 is 11.8 Å². The third-order valence-electron chi connectivity index (χ3n) is 2.20. The van der Waals surface area contributed by atoms with Crippen molar-refractivity contribution in [1.29, 1.82) is 0 Å². The number of hydrogen-bond donors (Lipinski definition) is 4. The third kappa shape index (κ3) is 7.77. The molecule has 2 atom stereocenters. The Kier molecular flexibility index (Phi) is 7.93. The Morgan fingerprint density at radius 2 is 1.89 bits per heavy atom. The van der Waals surface area contributed by atoms with Crippen LogP contribution in [0.1, 0.15) is 19.8 Å². The van der Waals surface area contributed by atoms with Crippen molar-refractivity contribution in [2.24, 2.45) is 0 Å². The van der Waals surface area contributed by atoms with E-state index >= 15 is 0 Å². The second kappa shape index (κ2) is 8.62. The van der Waals surface area contributed by atoms with Gasteiger partial charge >= 0.3 is 18.0 Å². The van der Waals surface area contributed by atoms with Gasteiger partial charge in [0.15, 0.2) is 0 Å². The number of aliphatic carboxylic acids is 2. The summed E-state index contributed by atoms with van der Waals surface area (Å²) >= 11 is 1.57. The number of amides is 2. The molecule has 1 unspecified atom stereocenters. The van der Waals surface area contributed by atoms with Gasteiger partial charge in [0, 0.05) is 18.2 Å². The molecule has 0 aliphatic heterocycles. The summed E-state index contributed by atoms with van der Waals surface area (Å²) in [5.41, 5.74) is 0. The molecule has 0 aromatic carbocycles. The van der Waals surface area contributed by atoms with Crippen LogP contribution in [-0.4, -0.2) is 52.3 Å². The number of thioether (sulfide) groups is 1. The van der Waals surface area contributed by atoms with E-state index in [2.05, 4.69) is 10.6 Å². The Morgan fingerprint density at radius 3 is 2.33 bits per heavy atom. The number of rotatable bonds is 8. The molecule has 0 heterocycles. The first-order chi connectivity index (χ1) is 8.36. The molecule has 0 aliphatic rings. The molecule has 0 bridgehead atoms. The molecule has 7 nitrogen and oxygen atoms in total. The highest BCUT2D eigenvalue weighted by Crippen LogP contribution is 2.02. The van der Waals surface area contributed by atoms with Gasteiger partial charge in [-0.1, -0.05) is 6.92 Å². The number of carboxylic acid groups (broad SMARTS) is 2. The van der Waals surface area contributed by atoms with Gasteiger partial charge in [0.25, 0.3) is 0 Å². The average Bonchev–Trinajstić information content (AvgIpc) is 2.30. The fourth-order valence-corrected chi connectivity index (χ4v) is 1.30. The number of carbonyl (C=O) groups excluding carboxylic acids is 1. The molecule has 0 aromatic rings. The highest BCUT2D eigenvalue weighted by atomic mass is 32.2. The molecule has 0 rings (SSSR count). The van der Waals surface area contributed by atoms with Gasteiger partial charge in [-0.2, -0.15) is 11.8 Å². The van der Waals surface area contributed by atoms with Crippen molar-refractivity contribution >= 4 is 29.7 Å². The molecular formula is C10H18N2O5S. The van der Waals surface area contributed by atoms with E-state index in [9.17, 15) is 14.4 Å². The van der Waals surface area contributed by atoms with Crippen molar-refractivity contribution in [2.75, 3.05) is 12.8 Å². The fraction of sp³-hybridized carbons (Fsp3) is 0.700. The first kappa shape index (κ1) is 16.6. The largest absolute Gasteiger partial charge is 0.481 e. The van der Waals surface area contributed by atoms with E-state index in [-0.39, 0.29) is 18.1 Å². The summed E-state index contributed by atoms with van der Waals surface area (Å²) in [5, 5.41) is 22.3. The quantitative estimate of drug-likeness (QED) is 0.509. The van der Waals surface area contributed by atoms with Crippen molar-refractivity contribution in [3.8, 4) is 0 Å². The number of hydrogen-bond acceptors (Lipinski definition) is 4. The SMILES string of the molecule is CSC(C)CNC(=O)N[C@@H](CCC(=O)O)C(=O)O. The van der Waals surface area contributed by atoms with Gasteiger partial charge in [0.05, 0.1) is 0 Å². The van der Waals surface area contributed by atoms with Crippen LogP contribution in [-0.2, 0) is 9.59 Å². The summed E-state index contributed by atoms with van der Waals surface area (Å²) < 4.78 is 0. The summed E-state index contributed by atoms with van der Waals surface area (Å²) in [5.74, 6) is -2.34. The summed E-state index contributed by atoms with van der Waals surface area (Å²) in [6.45, 7) is 2.34. The van der Waals surface area contributed by atoms with E-state index in [1.54, 1.807) is 11.8 Å². The van der Waals surface area contributed by atoms with Gasteiger partial charge < -0.3 is 20.8 Å². The normalized spacial score (nSPS) is 13.4. The van der Waals surface area contributed by atoms with E-state index in [1.165, 1.54) is 0 Å². The molecule has 0 spiro atoms. The summed E-state index contributed by atoms with van der Waals surface area (Å²) in [6.07, 6.45) is 1.45. The maximum atomic E-state index is 11.4. The summed E-state index contributed by atoms with van der Waals surface area (Å²) in [6, 6.07) is -1.79. The highest BCUT2D eigenvalue weighted by molar-refractivity contribution is 7.99. The Labute approximate surface area is 109 Å². The van der Waals surface area contributed by atoms with Crippen LogP contribution < -0.4 is 10.6 Å². The van der Waals surface area contributed by atoms with Crippen molar-refractivity contribution in [2.45, 2.75) is 31.1 Å². The molecule has 104 valence electrons. The van der Waals surface area contributed by atoms with Gasteiger partial charge in [0.2, 0.25) is 0 Å². The molecule has 0 saturated heterocycles. The van der Waals surface area contributed by atoms with Crippen LogP contribution in [0.25, 0.3) is 0 Å². The summed E-state index contributed by atoms with van der Waals surface area (Å²) in [7, 11) is 0. The van der Waals surface area contributed by atoms with Crippen molar-refractivity contribution in [3.63, 3.8) is 0 Å². The van der Waals surface area contributed by atoms with Gasteiger partial charge in [0.1, 0.15) is 6.04 Å². The molecule has 0 saturated carbocycles. The van der Waals surface area contributed by atoms with E-state index < -0.39 is 24.0 Å². The molecule has 0 radical (unpaired) electrons. The highest BCUT2D eigenvalue weighted by Gasteiger charge is 2.20. The van der Waals surface area contributed by atoms with Crippen LogP contribution in [0.4, 0.5) is 4.79 Å². The Bertz CT molecular complexity index is 311. The zero-order chi connectivity index (χ0) is 14.1. The lowest BCUT2D eigenvalue weighted by Gasteiger charge is -2.15. The standard InChI is InChI=1S/C10H18N2O5S/c1-6(18-2)5-11-10(17)12-7(9(15)16)3-4-8(13)14/h6-7H,3-5H2,1-2H3,(H,13,14)(H,15,16)(H2,11,12,17)/t6?,7-/m0/s1. The van der Waals surface area contributed by atoms with Gasteiger partial charge in [-0.25, -0.2) is 9.59 Å². The topological polar surface area (TPSA) is 116 Å². The minimum absolute atomic E-state index is 0.143. The van der Waals surface area contributed by atoms with Crippen LogP contribution in [0.2, 0.25) is 0 Å². The van der Waals surface area contributed by atoms with Crippen molar-refractivity contribution < 1.29 is 24.6 Å². The Morgan fingerprint density at radius 1 is 1.28 bits per heavy atom. The molecule has 8 heteroatoms. The predicted octanol–water partition coefficient (Wildman–Crippen LogP) is 0.355. The number of carbonyl (C=O) groups is 3. The second-order valence-corrected chi connectivity index (χ2v) is 5.00. The van der Waals surface area contributed by atoms with Crippen LogP contribution in [0.3, 0.4) is 0 Å². The van der Waals surface area contributed by atoms with Crippen molar-refractivity contribution in [3.05, 3.63) is 0 Å². The van der Waals surface area contributed by atoms with Gasteiger partial charge in [-0.15, -0.1) is 0 Å². The minimum Gasteiger partial charge on any atom is -0.481 e. The average molecular weight is 278 g/mol. The first-order valence-electron chi connectivity index (χ1n) is 5.38. The fourth-order valence-electron chi connectivity index (χ4n) is 1.05. The van der Waals surface area contributed by atoms with E-state index in [0.717, 1.165) is 0 Å². The van der Waals surface area contributed by atoms with Crippen LogP contribution in [0.5, 0.6) is 0 Å². The molecule has 0 aromatic heterocycles. The Balaban J connectivity index is 4.11. The third-order valence-corrected chi connectivity index (χ3v) is 3.17. The van der Waals surface area contributed by atoms with Crippen LogP contribution in [0, 0.1) is 0 Å². The minimum atomic E-state index is -1.25. The first-order valence-corrected chi connectivity index (χ1v) is 6.67. The zero-order valence-electron chi connectivity index (χ0n) is 10.3. The predicted molar refractivity (Wildman–Crippen MR) is 67.8 cm³/mol. The van der Waals surface area contributed by atoms with E-state index in [4.69, 9.17) is 10.2 Å². The van der Waals surface area contributed by atoms with E-state index in [1.807, 2.05) is 13.2 Å². The lowest BCUT2D eigenvalue weighted by Crippen LogP contribution is -2.47. The number of nitrogens with one attached hydrogen (secondary N) is 2. The Hall–Kier alpha value is -1.44. The molecule has 0 fully saturated rings. The summed E-state index contributed by atoms with van der Waals surface area (Å²) in [4.78, 5) is 32.5. The molecule has 4 N–H and O–H groups in total.